The second-order valence-electron chi connectivity index (χ2n) is 6.01. The van der Waals surface area contributed by atoms with Crippen molar-refractivity contribution in [2.24, 2.45) is 0 Å². The molecular weight excluding hydrogens is 392 g/mol. The second kappa shape index (κ2) is 7.70. The molecule has 4 nitrogen and oxygen atoms in total. The van der Waals surface area contributed by atoms with Crippen molar-refractivity contribution in [2.75, 3.05) is 5.32 Å². The molecule has 0 fully saturated rings. The number of alkyl halides is 6. The lowest BCUT2D eigenvalue weighted by atomic mass is 9.92. The quantitative estimate of drug-likeness (QED) is 0.631. The minimum absolute atomic E-state index is 0.0150. The van der Waals surface area contributed by atoms with Gasteiger partial charge in [-0.2, -0.15) is 26.3 Å². The lowest BCUT2D eigenvalue weighted by molar-refractivity contribution is -0.376. The van der Waals surface area contributed by atoms with E-state index >= 15 is 0 Å². The Morgan fingerprint density at radius 2 is 1.39 bits per heavy atom. The topological polar surface area (TPSA) is 69.6 Å². The van der Waals surface area contributed by atoms with Crippen LogP contribution in [-0.4, -0.2) is 34.6 Å². The van der Waals surface area contributed by atoms with Crippen molar-refractivity contribution in [1.82, 2.24) is 0 Å². The van der Waals surface area contributed by atoms with Crippen LogP contribution in [0.25, 0.3) is 0 Å². The Balaban J connectivity index is 2.26. The van der Waals surface area contributed by atoms with Gasteiger partial charge in [0.05, 0.1) is 0 Å². The van der Waals surface area contributed by atoms with E-state index in [4.69, 9.17) is 0 Å². The normalized spacial score (nSPS) is 13.8. The van der Waals surface area contributed by atoms with Crippen molar-refractivity contribution in [3.63, 3.8) is 0 Å². The van der Waals surface area contributed by atoms with Crippen LogP contribution in [0, 0.1) is 0 Å². The molecule has 10 heteroatoms. The molecule has 0 radical (unpaired) electrons. The van der Waals surface area contributed by atoms with E-state index in [1.165, 1.54) is 0 Å². The van der Waals surface area contributed by atoms with Gasteiger partial charge < -0.3 is 15.5 Å². The Labute approximate surface area is 155 Å². The van der Waals surface area contributed by atoms with Gasteiger partial charge in [-0.05, 0) is 17.7 Å². The minimum atomic E-state index is -5.99. The van der Waals surface area contributed by atoms with E-state index in [9.17, 15) is 41.4 Å². The van der Waals surface area contributed by atoms with Gasteiger partial charge >= 0.3 is 18.3 Å². The average molecular weight is 407 g/mol. The number of carboxylic acid groups (broad SMARTS) is 1. The molecule has 0 aliphatic carbocycles. The third-order valence-corrected chi connectivity index (χ3v) is 4.04. The van der Waals surface area contributed by atoms with Gasteiger partial charge in [-0.1, -0.05) is 42.5 Å². The van der Waals surface area contributed by atoms with Gasteiger partial charge in [-0.25, -0.2) is 4.79 Å². The molecule has 1 atom stereocenters. The first-order chi connectivity index (χ1) is 12.9. The number of hydrogen-bond acceptors (Lipinski definition) is 3. The van der Waals surface area contributed by atoms with Crippen LogP contribution in [0.4, 0.5) is 32.0 Å². The summed E-state index contributed by atoms with van der Waals surface area (Å²) in [4.78, 5) is 11.4. The number of rotatable bonds is 6. The molecule has 152 valence electrons. The highest BCUT2D eigenvalue weighted by atomic mass is 19.4. The van der Waals surface area contributed by atoms with Crippen LogP contribution in [0.3, 0.4) is 0 Å². The van der Waals surface area contributed by atoms with Crippen molar-refractivity contribution in [1.29, 1.82) is 0 Å². The summed E-state index contributed by atoms with van der Waals surface area (Å²) in [6, 6.07) is 9.88. The summed E-state index contributed by atoms with van der Waals surface area (Å²) in [7, 11) is 0. The first-order valence-electron chi connectivity index (χ1n) is 7.86. The molecule has 0 saturated heterocycles. The van der Waals surface area contributed by atoms with E-state index in [-0.39, 0.29) is 12.1 Å². The molecule has 0 spiro atoms. The smallest absolute Gasteiger partial charge is 0.430 e. The highest BCUT2D eigenvalue weighted by molar-refractivity contribution is 5.77. The number of aliphatic hydroxyl groups is 1. The summed E-state index contributed by atoms with van der Waals surface area (Å²) in [5, 5.41) is 21.2. The van der Waals surface area contributed by atoms with Crippen LogP contribution in [0.15, 0.2) is 54.6 Å². The van der Waals surface area contributed by atoms with Gasteiger partial charge in [0.25, 0.3) is 5.60 Å². The fourth-order valence-electron chi connectivity index (χ4n) is 2.55. The lowest BCUT2D eigenvalue weighted by Crippen LogP contribution is -2.53. The van der Waals surface area contributed by atoms with Gasteiger partial charge in [0.15, 0.2) is 0 Å². The van der Waals surface area contributed by atoms with Gasteiger partial charge in [0.1, 0.15) is 6.04 Å². The van der Waals surface area contributed by atoms with Crippen molar-refractivity contribution in [2.45, 2.75) is 30.4 Å². The number of benzene rings is 2. The molecule has 2 aromatic rings. The van der Waals surface area contributed by atoms with E-state index < -0.39 is 35.5 Å². The van der Waals surface area contributed by atoms with E-state index in [1.54, 1.807) is 30.3 Å². The van der Waals surface area contributed by atoms with Crippen molar-refractivity contribution in [3.8, 4) is 0 Å². The maximum absolute atomic E-state index is 12.9. The Kier molecular flexibility index (Phi) is 5.93. The van der Waals surface area contributed by atoms with Crippen LogP contribution in [-0.2, 0) is 16.8 Å². The molecule has 0 unspecified atom stereocenters. The Bertz CT molecular complexity index is 789. The van der Waals surface area contributed by atoms with Gasteiger partial charge in [0, 0.05) is 17.7 Å². The number of anilines is 1. The lowest BCUT2D eigenvalue weighted by Gasteiger charge is -2.32. The molecule has 2 rings (SSSR count). The second-order valence-corrected chi connectivity index (χ2v) is 6.01. The van der Waals surface area contributed by atoms with Crippen molar-refractivity contribution < 1.29 is 41.4 Å². The zero-order valence-electron chi connectivity index (χ0n) is 14.1. The zero-order valence-corrected chi connectivity index (χ0v) is 14.1. The number of nitrogens with one attached hydrogen (secondary N) is 1. The third kappa shape index (κ3) is 4.38. The molecule has 2 aromatic carbocycles. The molecule has 0 heterocycles. The van der Waals surface area contributed by atoms with E-state index in [2.05, 4.69) is 5.32 Å². The summed E-state index contributed by atoms with van der Waals surface area (Å²) in [6.45, 7) is 0. The molecule has 3 N–H and O–H groups in total. The van der Waals surface area contributed by atoms with Crippen LogP contribution >= 0.6 is 0 Å². The predicted molar refractivity (Wildman–Crippen MR) is 87.6 cm³/mol. The number of hydrogen-bond donors (Lipinski definition) is 3. The summed E-state index contributed by atoms with van der Waals surface area (Å²) in [5.41, 5.74) is -5.80. The highest BCUT2D eigenvalue weighted by Crippen LogP contribution is 2.50. The van der Waals surface area contributed by atoms with Crippen molar-refractivity contribution in [3.05, 3.63) is 65.7 Å². The van der Waals surface area contributed by atoms with E-state index in [0.717, 1.165) is 12.1 Å². The monoisotopic (exact) mass is 407 g/mol. The van der Waals surface area contributed by atoms with Gasteiger partial charge in [0.2, 0.25) is 0 Å². The number of aliphatic carboxylic acids is 1. The Morgan fingerprint density at radius 3 is 1.82 bits per heavy atom. The predicted octanol–water partition coefficient (Wildman–Crippen LogP) is 4.11. The molecular formula is C18H15F6NO3. The number of halogens is 6. The molecule has 0 saturated carbocycles. The average Bonchev–Trinajstić information content (AvgIpc) is 2.60. The summed E-state index contributed by atoms with van der Waals surface area (Å²) < 4.78 is 77.3. The van der Waals surface area contributed by atoms with E-state index in [0.29, 0.717) is 17.7 Å². The number of carboxylic acids is 1. The van der Waals surface area contributed by atoms with Crippen LogP contribution in [0.2, 0.25) is 0 Å². The fourth-order valence-corrected chi connectivity index (χ4v) is 2.55. The van der Waals surface area contributed by atoms with Crippen LogP contribution in [0.5, 0.6) is 0 Å². The largest absolute Gasteiger partial charge is 0.480 e. The standard InChI is InChI=1S/C18H15F6NO3/c19-17(20,21)16(28,18(22,23)24)12-6-8-13(9-7-12)25-14(15(26)27)10-11-4-2-1-3-5-11/h1-9,14,25,28H,10H2,(H,26,27)/t14-/m0/s1. The summed E-state index contributed by atoms with van der Waals surface area (Å²) in [6.07, 6.45) is -11.9. The van der Waals surface area contributed by atoms with Gasteiger partial charge in [-0.15, -0.1) is 0 Å². The van der Waals surface area contributed by atoms with Crippen LogP contribution < -0.4 is 5.32 Å². The zero-order chi connectivity index (χ0) is 21.2. The van der Waals surface area contributed by atoms with Gasteiger partial charge in [-0.3, -0.25) is 0 Å². The van der Waals surface area contributed by atoms with Crippen LogP contribution in [0.1, 0.15) is 11.1 Å². The van der Waals surface area contributed by atoms with Crippen molar-refractivity contribution >= 4 is 11.7 Å². The molecule has 0 aliphatic heterocycles. The van der Waals surface area contributed by atoms with E-state index in [1.807, 2.05) is 0 Å². The summed E-state index contributed by atoms with van der Waals surface area (Å²) >= 11 is 0. The molecule has 0 bridgehead atoms. The maximum atomic E-state index is 12.9. The Hall–Kier alpha value is -2.75. The SMILES string of the molecule is O=C(O)[C@H](Cc1ccccc1)Nc1ccc(C(O)(C(F)(F)F)C(F)(F)F)cc1. The molecule has 28 heavy (non-hydrogen) atoms. The maximum Gasteiger partial charge on any atom is 0.430 e. The Morgan fingerprint density at radius 1 is 0.893 bits per heavy atom. The first-order valence-corrected chi connectivity index (χ1v) is 7.86. The molecule has 0 aromatic heterocycles. The fraction of sp³-hybridized carbons (Fsp3) is 0.278. The highest BCUT2D eigenvalue weighted by Gasteiger charge is 2.71. The molecule has 0 aliphatic rings. The third-order valence-electron chi connectivity index (χ3n) is 4.04. The summed E-state index contributed by atoms with van der Waals surface area (Å²) in [5.74, 6) is -1.25. The molecule has 0 amide bonds. The first kappa shape index (κ1) is 21.5. The number of carbonyl (C=O) groups is 1. The minimum Gasteiger partial charge on any atom is -0.480 e.